The maximum atomic E-state index is 12.8. The first-order chi connectivity index (χ1) is 13.7. The maximum Gasteiger partial charge on any atom is 0.255 e. The lowest BCUT2D eigenvalue weighted by Gasteiger charge is -2.16. The van der Waals surface area contributed by atoms with Gasteiger partial charge in [-0.15, -0.1) is 0 Å². The third-order valence-corrected chi connectivity index (χ3v) is 4.88. The Morgan fingerprint density at radius 1 is 1.07 bits per heavy atom. The van der Waals surface area contributed by atoms with Gasteiger partial charge in [0.1, 0.15) is 12.4 Å². The van der Waals surface area contributed by atoms with Gasteiger partial charge in [0.15, 0.2) is 11.5 Å². The molecular formula is C21H22ClNO5. The smallest absolute Gasteiger partial charge is 0.255 e. The van der Waals surface area contributed by atoms with Crippen molar-refractivity contribution in [3.8, 4) is 17.2 Å². The van der Waals surface area contributed by atoms with Crippen LogP contribution in [-0.4, -0.2) is 38.4 Å². The number of amides is 1. The minimum absolute atomic E-state index is 0.0842. The number of rotatable bonds is 5. The first kappa shape index (κ1) is 18.9. The predicted molar refractivity (Wildman–Crippen MR) is 106 cm³/mol. The minimum atomic E-state index is -0.278. The van der Waals surface area contributed by atoms with Crippen LogP contribution < -0.4 is 19.5 Å². The van der Waals surface area contributed by atoms with Crippen LogP contribution in [0.3, 0.4) is 0 Å². The lowest BCUT2D eigenvalue weighted by atomic mass is 10.1. The van der Waals surface area contributed by atoms with Gasteiger partial charge in [0.05, 0.1) is 25.0 Å². The number of nitrogens with one attached hydrogen (secondary N) is 1. The Kier molecular flexibility index (Phi) is 5.88. The number of halogens is 1. The topological polar surface area (TPSA) is 66.0 Å². The average molecular weight is 404 g/mol. The van der Waals surface area contributed by atoms with E-state index in [0.717, 1.165) is 25.9 Å². The zero-order valence-electron chi connectivity index (χ0n) is 15.4. The van der Waals surface area contributed by atoms with Gasteiger partial charge in [0.25, 0.3) is 5.91 Å². The van der Waals surface area contributed by atoms with E-state index < -0.39 is 0 Å². The number of benzene rings is 2. The summed E-state index contributed by atoms with van der Waals surface area (Å²) in [5, 5.41) is 3.39. The van der Waals surface area contributed by atoms with Crippen molar-refractivity contribution in [2.45, 2.75) is 25.4 Å². The van der Waals surface area contributed by atoms with Crippen LogP contribution >= 0.6 is 11.6 Å². The molecule has 148 valence electrons. The van der Waals surface area contributed by atoms with E-state index in [9.17, 15) is 4.79 Å². The molecule has 0 aliphatic carbocycles. The largest absolute Gasteiger partial charge is 0.490 e. The first-order valence-corrected chi connectivity index (χ1v) is 9.82. The number of hydrogen-bond donors (Lipinski definition) is 1. The second kappa shape index (κ2) is 8.71. The lowest BCUT2D eigenvalue weighted by molar-refractivity contribution is 0.0682. The molecule has 0 saturated carbocycles. The minimum Gasteiger partial charge on any atom is -0.490 e. The zero-order valence-corrected chi connectivity index (χ0v) is 16.2. The molecule has 2 aromatic carbocycles. The number of anilines is 1. The molecule has 0 bridgehead atoms. The summed E-state index contributed by atoms with van der Waals surface area (Å²) in [6.07, 6.45) is 2.92. The highest BCUT2D eigenvalue weighted by atomic mass is 35.5. The van der Waals surface area contributed by atoms with Gasteiger partial charge in [0, 0.05) is 23.6 Å². The van der Waals surface area contributed by atoms with Crippen LogP contribution in [0.5, 0.6) is 17.2 Å². The molecule has 2 aliphatic rings. The van der Waals surface area contributed by atoms with E-state index in [1.54, 1.807) is 36.4 Å². The Labute approximate surface area is 168 Å². The lowest BCUT2D eigenvalue weighted by Crippen LogP contribution is -2.18. The van der Waals surface area contributed by atoms with E-state index in [2.05, 4.69) is 5.32 Å². The Morgan fingerprint density at radius 2 is 1.93 bits per heavy atom. The second-order valence-electron chi connectivity index (χ2n) is 6.75. The van der Waals surface area contributed by atoms with Crippen LogP contribution in [-0.2, 0) is 4.74 Å². The normalized spacial score (nSPS) is 18.4. The van der Waals surface area contributed by atoms with E-state index >= 15 is 0 Å². The molecule has 1 fully saturated rings. The van der Waals surface area contributed by atoms with Crippen molar-refractivity contribution in [2.24, 2.45) is 0 Å². The molecule has 0 spiro atoms. The van der Waals surface area contributed by atoms with Crippen LogP contribution in [0.15, 0.2) is 36.4 Å². The van der Waals surface area contributed by atoms with Gasteiger partial charge in [0.2, 0.25) is 0 Å². The van der Waals surface area contributed by atoms with Crippen LogP contribution in [0, 0.1) is 0 Å². The van der Waals surface area contributed by atoms with Gasteiger partial charge in [-0.05, 0) is 49.2 Å². The van der Waals surface area contributed by atoms with Crippen molar-refractivity contribution in [3.63, 3.8) is 0 Å². The van der Waals surface area contributed by atoms with E-state index in [4.69, 9.17) is 30.5 Å². The molecule has 6 nitrogen and oxygen atoms in total. The monoisotopic (exact) mass is 403 g/mol. The number of hydrogen-bond acceptors (Lipinski definition) is 5. The Morgan fingerprint density at radius 3 is 2.75 bits per heavy atom. The first-order valence-electron chi connectivity index (χ1n) is 9.44. The fourth-order valence-electron chi connectivity index (χ4n) is 3.18. The van der Waals surface area contributed by atoms with Gasteiger partial charge in [-0.2, -0.15) is 0 Å². The van der Waals surface area contributed by atoms with Gasteiger partial charge >= 0.3 is 0 Å². The van der Waals surface area contributed by atoms with Crippen molar-refractivity contribution in [2.75, 3.05) is 31.7 Å². The van der Waals surface area contributed by atoms with Gasteiger partial charge in [-0.3, -0.25) is 4.79 Å². The predicted octanol–water partition coefficient (Wildman–Crippen LogP) is 4.31. The summed E-state index contributed by atoms with van der Waals surface area (Å²) < 4.78 is 22.7. The van der Waals surface area contributed by atoms with Crippen molar-refractivity contribution in [3.05, 3.63) is 47.0 Å². The van der Waals surface area contributed by atoms with Crippen LogP contribution in [0.2, 0.25) is 5.02 Å². The summed E-state index contributed by atoms with van der Waals surface area (Å²) in [6.45, 7) is 2.37. The van der Waals surface area contributed by atoms with Crippen molar-refractivity contribution < 1.29 is 23.7 Å². The van der Waals surface area contributed by atoms with Crippen LogP contribution in [0.1, 0.15) is 29.6 Å². The molecule has 2 heterocycles. The second-order valence-corrected chi connectivity index (χ2v) is 7.19. The molecule has 2 aromatic rings. The third kappa shape index (κ3) is 4.51. The third-order valence-electron chi connectivity index (χ3n) is 4.65. The quantitative estimate of drug-likeness (QED) is 0.805. The summed E-state index contributed by atoms with van der Waals surface area (Å²) >= 11 is 6.12. The van der Waals surface area contributed by atoms with Gasteiger partial charge in [-0.25, -0.2) is 0 Å². The summed E-state index contributed by atoms with van der Waals surface area (Å²) in [4.78, 5) is 12.8. The van der Waals surface area contributed by atoms with Crippen molar-refractivity contribution >= 4 is 23.2 Å². The summed E-state index contributed by atoms with van der Waals surface area (Å²) in [5.41, 5.74) is 0.983. The Bertz CT molecular complexity index is 851. The molecule has 4 rings (SSSR count). The molecule has 1 atom stereocenters. The maximum absolute atomic E-state index is 12.8. The number of ether oxygens (including phenoxy) is 4. The molecule has 28 heavy (non-hydrogen) atoms. The van der Waals surface area contributed by atoms with Gasteiger partial charge < -0.3 is 24.3 Å². The van der Waals surface area contributed by atoms with E-state index in [-0.39, 0.29) is 12.0 Å². The highest BCUT2D eigenvalue weighted by molar-refractivity contribution is 6.31. The summed E-state index contributed by atoms with van der Waals surface area (Å²) in [5.74, 6) is 1.51. The highest BCUT2D eigenvalue weighted by Crippen LogP contribution is 2.32. The average Bonchev–Trinajstić information content (AvgIpc) is 3.10. The Balaban J connectivity index is 1.49. The summed E-state index contributed by atoms with van der Waals surface area (Å²) in [6, 6.07) is 10.3. The molecular weight excluding hydrogens is 382 g/mol. The van der Waals surface area contributed by atoms with E-state index in [1.807, 2.05) is 0 Å². The zero-order chi connectivity index (χ0) is 19.3. The number of fused-ring (bicyclic) bond motifs is 1. The molecule has 0 aromatic heterocycles. The van der Waals surface area contributed by atoms with E-state index in [0.29, 0.717) is 53.3 Å². The SMILES string of the molecule is O=C(Nc1cc(Cl)ccc1OCC1CCCO1)c1ccc2c(c1)OCCCO2. The highest BCUT2D eigenvalue weighted by Gasteiger charge is 2.19. The molecule has 2 aliphatic heterocycles. The van der Waals surface area contributed by atoms with Crippen molar-refractivity contribution in [1.29, 1.82) is 0 Å². The van der Waals surface area contributed by atoms with Gasteiger partial charge in [-0.1, -0.05) is 11.6 Å². The molecule has 1 amide bonds. The fourth-order valence-corrected chi connectivity index (χ4v) is 3.36. The number of carbonyl (C=O) groups excluding carboxylic acids is 1. The molecule has 1 N–H and O–H groups in total. The Hall–Kier alpha value is -2.44. The van der Waals surface area contributed by atoms with Crippen LogP contribution in [0.4, 0.5) is 5.69 Å². The molecule has 0 radical (unpaired) electrons. The molecule has 7 heteroatoms. The molecule has 1 saturated heterocycles. The number of carbonyl (C=O) groups is 1. The summed E-state index contributed by atoms with van der Waals surface area (Å²) in [7, 11) is 0. The van der Waals surface area contributed by atoms with E-state index in [1.165, 1.54) is 0 Å². The standard InChI is InChI=1S/C21H22ClNO5/c22-15-5-7-18(28-13-16-3-1-8-25-16)17(12-15)23-21(24)14-4-6-19-20(11-14)27-10-2-9-26-19/h4-7,11-12,16H,1-3,8-10,13H2,(H,23,24). The fraction of sp³-hybridized carbons (Fsp3) is 0.381. The van der Waals surface area contributed by atoms with Crippen LogP contribution in [0.25, 0.3) is 0 Å². The van der Waals surface area contributed by atoms with Crippen molar-refractivity contribution in [1.82, 2.24) is 0 Å². The molecule has 1 unspecified atom stereocenters.